The van der Waals surface area contributed by atoms with Gasteiger partial charge in [0.2, 0.25) is 0 Å². The van der Waals surface area contributed by atoms with E-state index in [1.54, 1.807) is 4.90 Å². The molecule has 6 nitrogen and oxygen atoms in total. The maximum absolute atomic E-state index is 12.1. The zero-order valence-electron chi connectivity index (χ0n) is 12.6. The Kier molecular flexibility index (Phi) is 3.95. The van der Waals surface area contributed by atoms with E-state index in [2.05, 4.69) is 0 Å². The van der Waals surface area contributed by atoms with Gasteiger partial charge in [0.1, 0.15) is 5.60 Å². The minimum absolute atomic E-state index is 0.118. The van der Waals surface area contributed by atoms with Gasteiger partial charge in [-0.25, -0.2) is 4.79 Å². The number of epoxide rings is 1. The van der Waals surface area contributed by atoms with Crippen molar-refractivity contribution in [3.8, 4) is 0 Å². The molecule has 2 aliphatic rings. The first-order valence-electron chi connectivity index (χ1n) is 6.94. The van der Waals surface area contributed by atoms with Gasteiger partial charge in [0.05, 0.1) is 25.2 Å². The molecular formula is C14H23NO5. The lowest BCUT2D eigenvalue weighted by Crippen LogP contribution is -2.40. The average Bonchev–Trinajstić information content (AvgIpc) is 3.03. The predicted octanol–water partition coefficient (Wildman–Crippen LogP) is 1.58. The van der Waals surface area contributed by atoms with Crippen molar-refractivity contribution in [3.63, 3.8) is 0 Å². The largest absolute Gasteiger partial charge is 0.469 e. The fourth-order valence-electron chi connectivity index (χ4n) is 2.61. The molecule has 6 heteroatoms. The molecule has 2 atom stereocenters. The number of ether oxygens (including phenoxy) is 3. The Balaban J connectivity index is 2.03. The molecule has 0 N–H and O–H groups in total. The Morgan fingerprint density at radius 2 is 2.05 bits per heavy atom. The third kappa shape index (κ3) is 3.42. The standard InChI is InChI=1S/C14H23NO5/c1-13(2,3)20-12(17)15-6-5-14(9-15,11(16)18-4)7-10-8-19-10/h10H,5-9H2,1-4H3. The van der Waals surface area contributed by atoms with E-state index in [-0.39, 0.29) is 18.2 Å². The molecular weight excluding hydrogens is 262 g/mol. The first kappa shape index (κ1) is 15.1. The molecule has 20 heavy (non-hydrogen) atoms. The summed E-state index contributed by atoms with van der Waals surface area (Å²) in [4.78, 5) is 25.8. The molecule has 2 fully saturated rings. The molecule has 0 bridgehead atoms. The number of hydrogen-bond acceptors (Lipinski definition) is 5. The van der Waals surface area contributed by atoms with E-state index >= 15 is 0 Å². The Hall–Kier alpha value is -1.30. The van der Waals surface area contributed by atoms with Gasteiger partial charge in [-0.05, 0) is 33.6 Å². The van der Waals surface area contributed by atoms with Gasteiger partial charge in [0, 0.05) is 13.1 Å². The number of methoxy groups -OCH3 is 1. The monoisotopic (exact) mass is 285 g/mol. The van der Waals surface area contributed by atoms with E-state index in [1.807, 2.05) is 20.8 Å². The minimum atomic E-state index is -0.646. The van der Waals surface area contributed by atoms with E-state index in [0.717, 1.165) is 0 Å². The molecule has 2 aliphatic heterocycles. The molecule has 2 unspecified atom stereocenters. The third-order valence-electron chi connectivity index (χ3n) is 3.64. The molecule has 114 valence electrons. The summed E-state index contributed by atoms with van der Waals surface area (Å²) in [6, 6.07) is 0. The number of carbonyl (C=O) groups excluding carboxylic acids is 2. The molecule has 2 heterocycles. The van der Waals surface area contributed by atoms with Crippen LogP contribution in [0, 0.1) is 5.41 Å². The van der Waals surface area contributed by atoms with E-state index in [1.165, 1.54) is 7.11 Å². The van der Waals surface area contributed by atoms with Gasteiger partial charge in [-0.3, -0.25) is 4.79 Å². The maximum atomic E-state index is 12.1. The van der Waals surface area contributed by atoms with Crippen LogP contribution in [0.25, 0.3) is 0 Å². The van der Waals surface area contributed by atoms with Crippen molar-refractivity contribution >= 4 is 12.1 Å². The summed E-state index contributed by atoms with van der Waals surface area (Å²) in [5.41, 5.74) is -1.18. The molecule has 0 aliphatic carbocycles. The summed E-state index contributed by atoms with van der Waals surface area (Å²) >= 11 is 0. The van der Waals surface area contributed by atoms with Crippen molar-refractivity contribution in [2.75, 3.05) is 26.8 Å². The van der Waals surface area contributed by atoms with Gasteiger partial charge in [0.25, 0.3) is 0 Å². The average molecular weight is 285 g/mol. The zero-order chi connectivity index (χ0) is 15.0. The first-order valence-corrected chi connectivity index (χ1v) is 6.94. The molecule has 2 rings (SSSR count). The first-order chi connectivity index (χ1) is 9.26. The van der Waals surface area contributed by atoms with E-state index in [9.17, 15) is 9.59 Å². The summed E-state index contributed by atoms with van der Waals surface area (Å²) < 4.78 is 15.5. The second-order valence-corrected chi connectivity index (χ2v) is 6.58. The van der Waals surface area contributed by atoms with E-state index in [4.69, 9.17) is 14.2 Å². The van der Waals surface area contributed by atoms with Gasteiger partial charge < -0.3 is 19.1 Å². The second kappa shape index (κ2) is 5.24. The number of hydrogen-bond donors (Lipinski definition) is 0. The minimum Gasteiger partial charge on any atom is -0.469 e. The summed E-state index contributed by atoms with van der Waals surface area (Å²) in [5.74, 6) is -0.265. The van der Waals surface area contributed by atoms with Crippen LogP contribution in [0.2, 0.25) is 0 Å². The van der Waals surface area contributed by atoms with Gasteiger partial charge in [-0.2, -0.15) is 0 Å². The van der Waals surface area contributed by atoms with Gasteiger partial charge in [-0.1, -0.05) is 0 Å². The summed E-state index contributed by atoms with van der Waals surface area (Å²) in [6.45, 7) is 7.02. The summed E-state index contributed by atoms with van der Waals surface area (Å²) in [5, 5.41) is 0. The van der Waals surface area contributed by atoms with Crippen molar-refractivity contribution in [2.45, 2.75) is 45.3 Å². The number of esters is 1. The third-order valence-corrected chi connectivity index (χ3v) is 3.64. The zero-order valence-corrected chi connectivity index (χ0v) is 12.6. The molecule has 0 aromatic carbocycles. The molecule has 0 radical (unpaired) electrons. The highest BCUT2D eigenvalue weighted by molar-refractivity contribution is 5.79. The number of nitrogens with zero attached hydrogens (tertiary/aromatic N) is 1. The predicted molar refractivity (Wildman–Crippen MR) is 71.2 cm³/mol. The molecule has 1 amide bonds. The van der Waals surface area contributed by atoms with Gasteiger partial charge in [0.15, 0.2) is 0 Å². The number of rotatable bonds is 3. The summed E-state index contributed by atoms with van der Waals surface area (Å²) in [6.07, 6.45) is 0.949. The van der Waals surface area contributed by atoms with Crippen LogP contribution in [0.3, 0.4) is 0 Å². The Morgan fingerprint density at radius 1 is 1.40 bits per heavy atom. The molecule has 0 aromatic rings. The van der Waals surface area contributed by atoms with Gasteiger partial charge >= 0.3 is 12.1 Å². The van der Waals surface area contributed by atoms with Crippen LogP contribution in [-0.2, 0) is 19.0 Å². The van der Waals surface area contributed by atoms with E-state index < -0.39 is 11.0 Å². The van der Waals surface area contributed by atoms with Crippen LogP contribution in [0.1, 0.15) is 33.6 Å². The number of carbonyl (C=O) groups is 2. The van der Waals surface area contributed by atoms with Crippen LogP contribution in [0.5, 0.6) is 0 Å². The van der Waals surface area contributed by atoms with Crippen LogP contribution >= 0.6 is 0 Å². The summed E-state index contributed by atoms with van der Waals surface area (Å²) in [7, 11) is 1.38. The Bertz CT molecular complexity index is 399. The number of likely N-dealkylation sites (tertiary alicyclic amines) is 1. The topological polar surface area (TPSA) is 68.4 Å². The van der Waals surface area contributed by atoms with Gasteiger partial charge in [-0.15, -0.1) is 0 Å². The van der Waals surface area contributed by atoms with Crippen molar-refractivity contribution in [1.82, 2.24) is 4.90 Å². The quantitative estimate of drug-likeness (QED) is 0.581. The molecule has 2 saturated heterocycles. The van der Waals surface area contributed by atoms with Crippen molar-refractivity contribution in [2.24, 2.45) is 5.41 Å². The van der Waals surface area contributed by atoms with Crippen LogP contribution < -0.4 is 0 Å². The SMILES string of the molecule is COC(=O)C1(CC2CO2)CCN(C(=O)OC(C)(C)C)C1. The second-order valence-electron chi connectivity index (χ2n) is 6.58. The lowest BCUT2D eigenvalue weighted by molar-refractivity contribution is -0.152. The van der Waals surface area contributed by atoms with Crippen LogP contribution in [-0.4, -0.2) is 55.5 Å². The van der Waals surface area contributed by atoms with Crippen LogP contribution in [0.15, 0.2) is 0 Å². The Morgan fingerprint density at radius 3 is 2.55 bits per heavy atom. The highest BCUT2D eigenvalue weighted by atomic mass is 16.6. The fraction of sp³-hybridized carbons (Fsp3) is 0.857. The lowest BCUT2D eigenvalue weighted by Gasteiger charge is -2.27. The number of amides is 1. The highest BCUT2D eigenvalue weighted by Crippen LogP contribution is 2.40. The van der Waals surface area contributed by atoms with Crippen LogP contribution in [0.4, 0.5) is 4.79 Å². The normalized spacial score (nSPS) is 29.2. The van der Waals surface area contributed by atoms with Crippen molar-refractivity contribution in [3.05, 3.63) is 0 Å². The maximum Gasteiger partial charge on any atom is 0.410 e. The highest BCUT2D eigenvalue weighted by Gasteiger charge is 2.50. The van der Waals surface area contributed by atoms with E-state index in [0.29, 0.717) is 32.5 Å². The van der Waals surface area contributed by atoms with Crippen molar-refractivity contribution in [1.29, 1.82) is 0 Å². The smallest absolute Gasteiger partial charge is 0.410 e. The molecule has 0 aromatic heterocycles. The Labute approximate surface area is 119 Å². The lowest BCUT2D eigenvalue weighted by atomic mass is 9.82. The fourth-order valence-corrected chi connectivity index (χ4v) is 2.61. The van der Waals surface area contributed by atoms with Crippen molar-refractivity contribution < 1.29 is 23.8 Å². The molecule has 0 saturated carbocycles. The molecule has 0 spiro atoms.